The minimum Gasteiger partial charge on any atom is -0.508 e. The minimum absolute atomic E-state index is 0.0566. The molecule has 0 amide bonds. The van der Waals surface area contributed by atoms with Crippen LogP contribution >= 0.6 is 0 Å². The highest BCUT2D eigenvalue weighted by molar-refractivity contribution is 6.12. The SMILES string of the molecule is O=Nc1cc(O)ccc1C(=O)c1ccccc1. The summed E-state index contributed by atoms with van der Waals surface area (Å²) in [4.78, 5) is 22.7. The van der Waals surface area contributed by atoms with E-state index < -0.39 is 0 Å². The maximum absolute atomic E-state index is 12.1. The van der Waals surface area contributed by atoms with Crippen molar-refractivity contribution in [2.45, 2.75) is 0 Å². The molecular formula is C13H9NO3. The van der Waals surface area contributed by atoms with Crippen molar-refractivity contribution in [3.8, 4) is 5.75 Å². The number of ketones is 1. The van der Waals surface area contributed by atoms with Crippen molar-refractivity contribution in [2.24, 2.45) is 5.18 Å². The molecule has 0 aliphatic carbocycles. The van der Waals surface area contributed by atoms with Crippen molar-refractivity contribution in [1.29, 1.82) is 0 Å². The van der Waals surface area contributed by atoms with Gasteiger partial charge in [0.1, 0.15) is 11.4 Å². The Morgan fingerprint density at radius 1 is 1.06 bits per heavy atom. The lowest BCUT2D eigenvalue weighted by atomic mass is 10.0. The molecule has 0 atom stereocenters. The Balaban J connectivity index is 2.48. The average molecular weight is 227 g/mol. The van der Waals surface area contributed by atoms with Gasteiger partial charge in [0.05, 0.1) is 5.56 Å². The number of nitrogens with zero attached hydrogens (tertiary/aromatic N) is 1. The smallest absolute Gasteiger partial charge is 0.195 e. The third-order valence-electron chi connectivity index (χ3n) is 2.36. The second-order valence-corrected chi connectivity index (χ2v) is 3.49. The van der Waals surface area contributed by atoms with Gasteiger partial charge in [-0.05, 0) is 17.3 Å². The quantitative estimate of drug-likeness (QED) is 0.647. The van der Waals surface area contributed by atoms with E-state index in [0.717, 1.165) is 0 Å². The average Bonchev–Trinajstić information content (AvgIpc) is 2.39. The lowest BCUT2D eigenvalue weighted by Crippen LogP contribution is -2.00. The van der Waals surface area contributed by atoms with Crippen molar-refractivity contribution >= 4 is 11.5 Å². The van der Waals surface area contributed by atoms with Crippen LogP contribution in [0.3, 0.4) is 0 Å². The normalized spacial score (nSPS) is 9.88. The Bertz CT molecular complexity index is 564. The molecule has 84 valence electrons. The molecule has 0 heterocycles. The largest absolute Gasteiger partial charge is 0.508 e. The Labute approximate surface area is 97.5 Å². The number of rotatable bonds is 3. The highest BCUT2D eigenvalue weighted by atomic mass is 16.3. The lowest BCUT2D eigenvalue weighted by Gasteiger charge is -2.03. The van der Waals surface area contributed by atoms with E-state index in [9.17, 15) is 14.8 Å². The Morgan fingerprint density at radius 3 is 2.41 bits per heavy atom. The van der Waals surface area contributed by atoms with Crippen molar-refractivity contribution < 1.29 is 9.90 Å². The number of phenolic OH excluding ortho intramolecular Hbond substituents is 1. The van der Waals surface area contributed by atoms with Gasteiger partial charge >= 0.3 is 0 Å². The molecule has 0 fully saturated rings. The summed E-state index contributed by atoms with van der Waals surface area (Å²) in [7, 11) is 0. The molecule has 0 saturated carbocycles. The summed E-state index contributed by atoms with van der Waals surface area (Å²) in [5.41, 5.74) is 0.603. The summed E-state index contributed by atoms with van der Waals surface area (Å²) in [6.45, 7) is 0. The van der Waals surface area contributed by atoms with Crippen molar-refractivity contribution in [3.63, 3.8) is 0 Å². The first-order valence-electron chi connectivity index (χ1n) is 4.98. The van der Waals surface area contributed by atoms with Crippen LogP contribution in [0.25, 0.3) is 0 Å². The zero-order chi connectivity index (χ0) is 12.3. The molecule has 0 aliphatic rings. The number of carbonyl (C=O) groups is 1. The van der Waals surface area contributed by atoms with Crippen molar-refractivity contribution in [3.05, 3.63) is 64.6 Å². The highest BCUT2D eigenvalue weighted by Gasteiger charge is 2.14. The number of carbonyl (C=O) groups excluding carboxylic acids is 1. The number of benzene rings is 2. The summed E-state index contributed by atoms with van der Waals surface area (Å²) >= 11 is 0. The van der Waals surface area contributed by atoms with E-state index in [1.165, 1.54) is 18.2 Å². The molecule has 0 aromatic heterocycles. The van der Waals surface area contributed by atoms with Gasteiger partial charge in [-0.1, -0.05) is 30.3 Å². The van der Waals surface area contributed by atoms with Gasteiger partial charge < -0.3 is 5.11 Å². The molecule has 0 saturated heterocycles. The first-order valence-corrected chi connectivity index (χ1v) is 4.98. The molecule has 0 radical (unpaired) electrons. The van der Waals surface area contributed by atoms with Gasteiger partial charge in [-0.15, -0.1) is 4.91 Å². The summed E-state index contributed by atoms with van der Waals surface area (Å²) < 4.78 is 0. The van der Waals surface area contributed by atoms with Gasteiger partial charge in [0, 0.05) is 11.6 Å². The molecule has 0 spiro atoms. The van der Waals surface area contributed by atoms with Gasteiger partial charge in [-0.3, -0.25) is 4.79 Å². The predicted molar refractivity (Wildman–Crippen MR) is 63.4 cm³/mol. The van der Waals surface area contributed by atoms with Crippen LogP contribution in [-0.4, -0.2) is 10.9 Å². The molecule has 17 heavy (non-hydrogen) atoms. The molecule has 0 unspecified atom stereocenters. The summed E-state index contributed by atoms with van der Waals surface area (Å²) in [5, 5.41) is 12.0. The van der Waals surface area contributed by atoms with Gasteiger partial charge in [0.15, 0.2) is 5.78 Å². The fourth-order valence-electron chi connectivity index (χ4n) is 1.53. The van der Waals surface area contributed by atoms with Crippen LogP contribution in [0.15, 0.2) is 53.7 Å². The van der Waals surface area contributed by atoms with Crippen LogP contribution in [0.2, 0.25) is 0 Å². The fourth-order valence-corrected chi connectivity index (χ4v) is 1.53. The maximum Gasteiger partial charge on any atom is 0.195 e. The van der Waals surface area contributed by atoms with Crippen LogP contribution in [-0.2, 0) is 0 Å². The topological polar surface area (TPSA) is 66.7 Å². The molecular weight excluding hydrogens is 218 g/mol. The van der Waals surface area contributed by atoms with Crippen molar-refractivity contribution in [2.75, 3.05) is 0 Å². The van der Waals surface area contributed by atoms with E-state index in [4.69, 9.17) is 0 Å². The second-order valence-electron chi connectivity index (χ2n) is 3.49. The summed E-state index contributed by atoms with van der Waals surface area (Å²) in [5.74, 6) is -0.385. The Kier molecular flexibility index (Phi) is 2.96. The minimum atomic E-state index is -0.291. The van der Waals surface area contributed by atoms with E-state index in [0.29, 0.717) is 5.56 Å². The van der Waals surface area contributed by atoms with Crippen LogP contribution in [0, 0.1) is 4.91 Å². The predicted octanol–water partition coefficient (Wildman–Crippen LogP) is 3.02. The van der Waals surface area contributed by atoms with Gasteiger partial charge in [0.25, 0.3) is 0 Å². The molecule has 2 rings (SSSR count). The van der Waals surface area contributed by atoms with Crippen LogP contribution in [0.1, 0.15) is 15.9 Å². The van der Waals surface area contributed by atoms with Crippen molar-refractivity contribution in [1.82, 2.24) is 0 Å². The van der Waals surface area contributed by atoms with Gasteiger partial charge in [0.2, 0.25) is 0 Å². The first kappa shape index (κ1) is 11.0. The van der Waals surface area contributed by atoms with Crippen LogP contribution < -0.4 is 0 Å². The standard InChI is InChI=1S/C13H9NO3/c15-10-6-7-11(12(8-10)14-17)13(16)9-4-2-1-3-5-9/h1-8,15H. The molecule has 4 heteroatoms. The first-order chi connectivity index (χ1) is 8.22. The number of aromatic hydroxyl groups is 1. The lowest BCUT2D eigenvalue weighted by molar-refractivity contribution is 0.103. The summed E-state index contributed by atoms with van der Waals surface area (Å²) in [6.07, 6.45) is 0. The monoisotopic (exact) mass is 227 g/mol. The molecule has 0 aliphatic heterocycles. The molecule has 2 aromatic carbocycles. The molecule has 1 N–H and O–H groups in total. The van der Waals surface area contributed by atoms with E-state index in [1.54, 1.807) is 30.3 Å². The zero-order valence-corrected chi connectivity index (χ0v) is 8.83. The van der Waals surface area contributed by atoms with E-state index in [1.807, 2.05) is 0 Å². The van der Waals surface area contributed by atoms with E-state index in [2.05, 4.69) is 5.18 Å². The van der Waals surface area contributed by atoms with Crippen LogP contribution in [0.5, 0.6) is 5.75 Å². The second kappa shape index (κ2) is 4.57. The molecule has 0 bridgehead atoms. The Morgan fingerprint density at radius 2 is 1.76 bits per heavy atom. The van der Waals surface area contributed by atoms with Gasteiger partial charge in [-0.2, -0.15) is 0 Å². The molecule has 4 nitrogen and oxygen atoms in total. The van der Waals surface area contributed by atoms with E-state index >= 15 is 0 Å². The van der Waals surface area contributed by atoms with Crippen LogP contribution in [0.4, 0.5) is 5.69 Å². The van der Waals surface area contributed by atoms with Gasteiger partial charge in [-0.25, -0.2) is 0 Å². The van der Waals surface area contributed by atoms with E-state index in [-0.39, 0.29) is 22.8 Å². The number of hydrogen-bond donors (Lipinski definition) is 1. The molecule has 2 aromatic rings. The highest BCUT2D eigenvalue weighted by Crippen LogP contribution is 2.26. The third-order valence-corrected chi connectivity index (χ3v) is 2.36. The third kappa shape index (κ3) is 2.20. The number of phenols is 1. The fraction of sp³-hybridized carbons (Fsp3) is 0. The maximum atomic E-state index is 12.1. The summed E-state index contributed by atoms with van der Waals surface area (Å²) in [6, 6.07) is 12.5. The number of nitroso groups, excluding NO2 is 1. The Hall–Kier alpha value is -2.49. The zero-order valence-electron chi connectivity index (χ0n) is 8.83. The number of hydrogen-bond acceptors (Lipinski definition) is 4.